The molecule has 128 valence electrons. The minimum absolute atomic E-state index is 0.178. The van der Waals surface area contributed by atoms with Crippen molar-refractivity contribution in [1.82, 2.24) is 9.62 Å². The van der Waals surface area contributed by atoms with Crippen LogP contribution in [0.15, 0.2) is 17.0 Å². The van der Waals surface area contributed by atoms with Crippen LogP contribution in [0, 0.1) is 22.9 Å². The Labute approximate surface area is 134 Å². The molecule has 0 saturated heterocycles. The average molecular weight is 345 g/mol. The molecule has 9 heteroatoms. The van der Waals surface area contributed by atoms with Gasteiger partial charge in [-0.15, -0.1) is 0 Å². The van der Waals surface area contributed by atoms with Gasteiger partial charge in [-0.05, 0) is 46.3 Å². The molecule has 1 N–H and O–H groups in total. The second-order valence-corrected chi connectivity index (χ2v) is 7.77. The van der Waals surface area contributed by atoms with Crippen molar-refractivity contribution in [1.29, 1.82) is 0 Å². The number of hydrogen-bond acceptors (Lipinski definition) is 5. The highest BCUT2D eigenvalue weighted by Gasteiger charge is 2.31. The second kappa shape index (κ2) is 6.50. The van der Waals surface area contributed by atoms with Gasteiger partial charge < -0.3 is 4.90 Å². The van der Waals surface area contributed by atoms with E-state index in [-0.39, 0.29) is 17.6 Å². The van der Waals surface area contributed by atoms with E-state index in [1.54, 1.807) is 0 Å². The number of nitro groups is 1. The zero-order valence-electron chi connectivity index (χ0n) is 13.2. The molecule has 2 atom stereocenters. The summed E-state index contributed by atoms with van der Waals surface area (Å²) in [5, 5.41) is 10.9. The summed E-state index contributed by atoms with van der Waals surface area (Å²) in [6.07, 6.45) is 2.20. The first-order chi connectivity index (χ1) is 10.6. The summed E-state index contributed by atoms with van der Waals surface area (Å²) in [6, 6.07) is 1.75. The van der Waals surface area contributed by atoms with E-state index in [4.69, 9.17) is 0 Å². The normalized spacial score (nSPS) is 21.8. The van der Waals surface area contributed by atoms with E-state index in [9.17, 15) is 22.9 Å². The fourth-order valence-electron chi connectivity index (χ4n) is 2.81. The van der Waals surface area contributed by atoms with Crippen LogP contribution >= 0.6 is 0 Å². The fraction of sp³-hybridized carbons (Fsp3) is 0.571. The van der Waals surface area contributed by atoms with Crippen LogP contribution in [0.5, 0.6) is 0 Å². The van der Waals surface area contributed by atoms with Gasteiger partial charge in [0.15, 0.2) is 0 Å². The first-order valence-corrected chi connectivity index (χ1v) is 8.73. The number of rotatable bonds is 5. The molecule has 1 fully saturated rings. The van der Waals surface area contributed by atoms with Gasteiger partial charge in [-0.1, -0.05) is 0 Å². The lowest BCUT2D eigenvalue weighted by Gasteiger charge is -2.19. The largest absolute Gasteiger partial charge is 0.306 e. The monoisotopic (exact) mass is 345 g/mol. The van der Waals surface area contributed by atoms with Crippen LogP contribution in [-0.4, -0.2) is 44.4 Å². The standard InChI is InChI=1S/C14H20FN3O4S/c1-9-13(15)7-12(8-14(9)18(19)20)23(21,22)16-10-4-5-11(6-10)17(2)3/h7-8,10-11,16H,4-6H2,1-3H3/t10-,11+/m1/s1. The molecule has 0 aromatic heterocycles. The summed E-state index contributed by atoms with van der Waals surface area (Å²) in [5.74, 6) is -0.905. The van der Waals surface area contributed by atoms with Crippen molar-refractivity contribution >= 4 is 15.7 Å². The molecule has 0 heterocycles. The predicted molar refractivity (Wildman–Crippen MR) is 83.2 cm³/mol. The highest BCUT2D eigenvalue weighted by Crippen LogP contribution is 2.27. The maximum Gasteiger partial charge on any atom is 0.276 e. The van der Waals surface area contributed by atoms with Crippen LogP contribution in [0.1, 0.15) is 24.8 Å². The van der Waals surface area contributed by atoms with E-state index in [0.717, 1.165) is 18.6 Å². The number of hydrogen-bond donors (Lipinski definition) is 1. The quantitative estimate of drug-likeness (QED) is 0.649. The molecule has 0 bridgehead atoms. The first kappa shape index (κ1) is 17.8. The summed E-state index contributed by atoms with van der Waals surface area (Å²) in [5.41, 5.74) is -0.717. The van der Waals surface area contributed by atoms with Gasteiger partial charge in [-0.3, -0.25) is 10.1 Å². The third-order valence-electron chi connectivity index (χ3n) is 4.25. The summed E-state index contributed by atoms with van der Waals surface area (Å²) in [4.78, 5) is 11.8. The Kier molecular flexibility index (Phi) is 5.02. The van der Waals surface area contributed by atoms with Crippen LogP contribution in [0.25, 0.3) is 0 Å². The van der Waals surface area contributed by atoms with Gasteiger partial charge >= 0.3 is 0 Å². The van der Waals surface area contributed by atoms with Crippen molar-refractivity contribution in [3.63, 3.8) is 0 Å². The molecule has 0 aliphatic heterocycles. The highest BCUT2D eigenvalue weighted by atomic mass is 32.2. The van der Waals surface area contributed by atoms with Crippen LogP contribution in [0.4, 0.5) is 10.1 Å². The Balaban J connectivity index is 2.25. The van der Waals surface area contributed by atoms with Gasteiger partial charge in [0.05, 0.1) is 15.4 Å². The topological polar surface area (TPSA) is 92.6 Å². The lowest BCUT2D eigenvalue weighted by Crippen LogP contribution is -2.35. The van der Waals surface area contributed by atoms with Crippen molar-refractivity contribution < 1.29 is 17.7 Å². The summed E-state index contributed by atoms with van der Waals surface area (Å²) in [7, 11) is -0.139. The number of nitrogens with zero attached hydrogens (tertiary/aromatic N) is 2. The minimum atomic E-state index is -4.00. The van der Waals surface area contributed by atoms with Crippen LogP contribution in [0.2, 0.25) is 0 Å². The molecule has 1 aromatic rings. The lowest BCUT2D eigenvalue weighted by atomic mass is 10.2. The molecule has 1 aliphatic carbocycles. The number of benzene rings is 1. The zero-order chi connectivity index (χ0) is 17.4. The van der Waals surface area contributed by atoms with Gasteiger partial charge in [-0.2, -0.15) is 0 Å². The molecule has 0 amide bonds. The van der Waals surface area contributed by atoms with Crippen LogP contribution < -0.4 is 4.72 Å². The van der Waals surface area contributed by atoms with E-state index in [1.807, 2.05) is 19.0 Å². The van der Waals surface area contributed by atoms with Crippen molar-refractivity contribution in [2.24, 2.45) is 0 Å². The highest BCUT2D eigenvalue weighted by molar-refractivity contribution is 7.89. The molecule has 2 rings (SSSR count). The Morgan fingerprint density at radius 2 is 2.00 bits per heavy atom. The van der Waals surface area contributed by atoms with Crippen molar-refractivity contribution in [2.45, 2.75) is 43.2 Å². The van der Waals surface area contributed by atoms with E-state index >= 15 is 0 Å². The molecule has 0 unspecified atom stereocenters. The minimum Gasteiger partial charge on any atom is -0.306 e. The van der Waals surface area contributed by atoms with Gasteiger partial charge in [-0.25, -0.2) is 17.5 Å². The molecule has 1 aromatic carbocycles. The van der Waals surface area contributed by atoms with Crippen molar-refractivity contribution in [3.05, 3.63) is 33.6 Å². The van der Waals surface area contributed by atoms with E-state index in [1.165, 1.54) is 6.92 Å². The van der Waals surface area contributed by atoms with Gasteiger partial charge in [0, 0.05) is 18.2 Å². The number of nitrogens with one attached hydrogen (secondary N) is 1. The van der Waals surface area contributed by atoms with Crippen molar-refractivity contribution in [2.75, 3.05) is 14.1 Å². The fourth-order valence-corrected chi connectivity index (χ4v) is 4.12. The van der Waals surface area contributed by atoms with E-state index in [0.29, 0.717) is 12.8 Å². The molecule has 1 aliphatic rings. The van der Waals surface area contributed by atoms with Gasteiger partial charge in [0.1, 0.15) is 5.82 Å². The average Bonchev–Trinajstić information content (AvgIpc) is 2.89. The van der Waals surface area contributed by atoms with Gasteiger partial charge in [0.25, 0.3) is 5.69 Å². The summed E-state index contributed by atoms with van der Waals surface area (Å²) < 4.78 is 41.1. The third-order valence-corrected chi connectivity index (χ3v) is 5.75. The maximum atomic E-state index is 13.8. The zero-order valence-corrected chi connectivity index (χ0v) is 14.1. The van der Waals surface area contributed by atoms with Crippen LogP contribution in [-0.2, 0) is 10.0 Å². The Morgan fingerprint density at radius 1 is 1.35 bits per heavy atom. The smallest absolute Gasteiger partial charge is 0.276 e. The Hall–Kier alpha value is -1.58. The van der Waals surface area contributed by atoms with Gasteiger partial charge in [0.2, 0.25) is 10.0 Å². The molecular weight excluding hydrogens is 325 g/mol. The van der Waals surface area contributed by atoms with E-state index in [2.05, 4.69) is 4.72 Å². The van der Waals surface area contributed by atoms with Crippen molar-refractivity contribution in [3.8, 4) is 0 Å². The molecule has 0 spiro atoms. The second-order valence-electron chi connectivity index (χ2n) is 6.06. The number of nitro benzene ring substituents is 1. The van der Waals surface area contributed by atoms with Crippen LogP contribution in [0.3, 0.4) is 0 Å². The first-order valence-electron chi connectivity index (χ1n) is 7.25. The molecular formula is C14H20FN3O4S. The molecule has 0 radical (unpaired) electrons. The molecule has 1 saturated carbocycles. The lowest BCUT2D eigenvalue weighted by molar-refractivity contribution is -0.385. The maximum absolute atomic E-state index is 13.8. The summed E-state index contributed by atoms with van der Waals surface area (Å²) >= 11 is 0. The molecule has 23 heavy (non-hydrogen) atoms. The summed E-state index contributed by atoms with van der Waals surface area (Å²) in [6.45, 7) is 1.25. The number of halogens is 1. The molecule has 7 nitrogen and oxygen atoms in total. The third kappa shape index (κ3) is 3.85. The number of sulfonamides is 1. The Morgan fingerprint density at radius 3 is 2.52 bits per heavy atom. The predicted octanol–water partition coefficient (Wildman–Crippen LogP) is 1.80. The SMILES string of the molecule is Cc1c(F)cc(S(=O)(=O)N[C@@H]2CC[C@H](N(C)C)C2)cc1[N+](=O)[O-]. The van der Waals surface area contributed by atoms with E-state index < -0.39 is 31.3 Å². The Bertz CT molecular complexity index is 721.